The highest BCUT2D eigenvalue weighted by Gasteiger charge is 2.29. The third-order valence-corrected chi connectivity index (χ3v) is 3.68. The Morgan fingerprint density at radius 1 is 1.53 bits per heavy atom. The predicted molar refractivity (Wildman–Crippen MR) is 76.5 cm³/mol. The molecule has 1 atom stereocenters. The number of hydrogen-bond donors (Lipinski definition) is 1. The van der Waals surface area contributed by atoms with Crippen LogP contribution in [0, 0.1) is 0 Å². The molecule has 0 aliphatic carbocycles. The first-order valence-corrected chi connectivity index (χ1v) is 7.13. The Bertz CT molecular complexity index is 459. The number of carbonyl (C=O) groups is 1. The fourth-order valence-electron chi connectivity index (χ4n) is 2.42. The Labute approximate surface area is 119 Å². The highest BCUT2D eigenvalue weighted by atomic mass is 35.5. The van der Waals surface area contributed by atoms with Gasteiger partial charge < -0.3 is 10.1 Å². The number of rotatable bonds is 3. The van der Waals surface area contributed by atoms with Crippen molar-refractivity contribution < 1.29 is 9.53 Å². The third kappa shape index (κ3) is 3.95. The molecule has 1 heterocycles. The number of carbonyl (C=O) groups excluding carboxylic acids is 1. The molecule has 19 heavy (non-hydrogen) atoms. The van der Waals surface area contributed by atoms with E-state index < -0.39 is 0 Å². The van der Waals surface area contributed by atoms with Crippen molar-refractivity contribution in [3.8, 4) is 0 Å². The Balaban J connectivity index is 2.00. The number of hydrogen-bond acceptors (Lipinski definition) is 2. The first-order valence-electron chi connectivity index (χ1n) is 6.60. The summed E-state index contributed by atoms with van der Waals surface area (Å²) >= 11 is 5.78. The molecule has 1 aliphatic rings. The van der Waals surface area contributed by atoms with Gasteiger partial charge in [-0.3, -0.25) is 4.79 Å². The minimum absolute atomic E-state index is 0.0327. The SMILES string of the molecule is CC1(C)CC(NC(=O)c2cccc(CCl)c2)CCO1. The average Bonchev–Trinajstić information content (AvgIpc) is 2.37. The maximum atomic E-state index is 12.2. The number of amides is 1. The maximum Gasteiger partial charge on any atom is 0.251 e. The molecule has 1 aromatic carbocycles. The minimum Gasteiger partial charge on any atom is -0.375 e. The van der Waals surface area contributed by atoms with E-state index in [4.69, 9.17) is 16.3 Å². The molecule has 0 saturated carbocycles. The van der Waals surface area contributed by atoms with E-state index in [9.17, 15) is 4.79 Å². The van der Waals surface area contributed by atoms with E-state index in [2.05, 4.69) is 19.2 Å². The normalized spacial score (nSPS) is 21.9. The van der Waals surface area contributed by atoms with E-state index in [1.807, 2.05) is 24.3 Å². The fraction of sp³-hybridized carbons (Fsp3) is 0.533. The molecule has 4 heteroatoms. The lowest BCUT2D eigenvalue weighted by atomic mass is 9.93. The molecule has 104 valence electrons. The fourth-order valence-corrected chi connectivity index (χ4v) is 2.59. The monoisotopic (exact) mass is 281 g/mol. The molecule has 0 spiro atoms. The number of ether oxygens (including phenoxy) is 1. The zero-order chi connectivity index (χ0) is 13.9. The van der Waals surface area contributed by atoms with Crippen LogP contribution in [0.3, 0.4) is 0 Å². The maximum absolute atomic E-state index is 12.2. The summed E-state index contributed by atoms with van der Waals surface area (Å²) in [5, 5.41) is 3.08. The van der Waals surface area contributed by atoms with Gasteiger partial charge in [-0.1, -0.05) is 12.1 Å². The van der Waals surface area contributed by atoms with Gasteiger partial charge in [0.2, 0.25) is 0 Å². The first-order chi connectivity index (χ1) is 9.00. The van der Waals surface area contributed by atoms with E-state index in [0.717, 1.165) is 18.4 Å². The largest absolute Gasteiger partial charge is 0.375 e. The smallest absolute Gasteiger partial charge is 0.251 e. The van der Waals surface area contributed by atoms with Crippen molar-refractivity contribution in [3.05, 3.63) is 35.4 Å². The third-order valence-electron chi connectivity index (χ3n) is 3.38. The number of benzene rings is 1. The Kier molecular flexibility index (Phi) is 4.48. The topological polar surface area (TPSA) is 38.3 Å². The summed E-state index contributed by atoms with van der Waals surface area (Å²) in [5.74, 6) is 0.389. The molecule has 1 N–H and O–H groups in total. The van der Waals surface area contributed by atoms with E-state index >= 15 is 0 Å². The van der Waals surface area contributed by atoms with Crippen molar-refractivity contribution in [2.24, 2.45) is 0 Å². The zero-order valence-electron chi connectivity index (χ0n) is 11.4. The van der Waals surface area contributed by atoms with E-state index in [1.54, 1.807) is 0 Å². The average molecular weight is 282 g/mol. The van der Waals surface area contributed by atoms with Crippen LogP contribution in [0.25, 0.3) is 0 Å². The molecule has 0 aromatic heterocycles. The lowest BCUT2D eigenvalue weighted by Gasteiger charge is -2.35. The van der Waals surface area contributed by atoms with Crippen LogP contribution in [0.2, 0.25) is 0 Å². The lowest BCUT2D eigenvalue weighted by molar-refractivity contribution is -0.0615. The zero-order valence-corrected chi connectivity index (χ0v) is 12.2. The predicted octanol–water partition coefficient (Wildman–Crippen LogP) is 3.11. The molecular formula is C15H20ClNO2. The molecule has 0 radical (unpaired) electrons. The van der Waals surface area contributed by atoms with E-state index in [1.165, 1.54) is 0 Å². The van der Waals surface area contributed by atoms with Crippen LogP contribution in [-0.2, 0) is 10.6 Å². The van der Waals surface area contributed by atoms with E-state index in [-0.39, 0.29) is 17.6 Å². The second-order valence-corrected chi connectivity index (χ2v) is 5.87. The van der Waals surface area contributed by atoms with Crippen LogP contribution in [0.4, 0.5) is 0 Å². The second-order valence-electron chi connectivity index (χ2n) is 5.61. The van der Waals surface area contributed by atoms with Gasteiger partial charge in [-0.15, -0.1) is 11.6 Å². The van der Waals surface area contributed by atoms with Gasteiger partial charge in [0.15, 0.2) is 0 Å². The molecule has 1 saturated heterocycles. The highest BCUT2D eigenvalue weighted by molar-refractivity contribution is 6.17. The van der Waals surface area contributed by atoms with Gasteiger partial charge in [-0.05, 0) is 44.4 Å². The van der Waals surface area contributed by atoms with E-state index in [0.29, 0.717) is 18.1 Å². The van der Waals surface area contributed by atoms with Gasteiger partial charge in [0, 0.05) is 24.1 Å². The van der Waals surface area contributed by atoms with Crippen molar-refractivity contribution in [2.75, 3.05) is 6.61 Å². The molecule has 1 aromatic rings. The molecule has 3 nitrogen and oxygen atoms in total. The summed E-state index contributed by atoms with van der Waals surface area (Å²) in [7, 11) is 0. The highest BCUT2D eigenvalue weighted by Crippen LogP contribution is 2.24. The molecule has 1 amide bonds. The molecule has 1 unspecified atom stereocenters. The van der Waals surface area contributed by atoms with Gasteiger partial charge in [-0.25, -0.2) is 0 Å². The molecule has 0 bridgehead atoms. The Hall–Kier alpha value is -1.06. The number of alkyl halides is 1. The molecular weight excluding hydrogens is 262 g/mol. The van der Waals surface area contributed by atoms with Crippen LogP contribution in [0.15, 0.2) is 24.3 Å². The van der Waals surface area contributed by atoms with Crippen LogP contribution in [0.1, 0.15) is 42.6 Å². The van der Waals surface area contributed by atoms with Crippen molar-refractivity contribution >= 4 is 17.5 Å². The van der Waals surface area contributed by atoms with Gasteiger partial charge in [0.25, 0.3) is 5.91 Å². The summed E-state index contributed by atoms with van der Waals surface area (Å²) < 4.78 is 5.65. The Morgan fingerprint density at radius 3 is 3.00 bits per heavy atom. The van der Waals surface area contributed by atoms with Crippen molar-refractivity contribution in [1.82, 2.24) is 5.32 Å². The quantitative estimate of drug-likeness (QED) is 0.865. The van der Waals surface area contributed by atoms with Crippen molar-refractivity contribution in [3.63, 3.8) is 0 Å². The van der Waals surface area contributed by atoms with Gasteiger partial charge in [0.1, 0.15) is 0 Å². The first kappa shape index (κ1) is 14.4. The molecule has 1 aliphatic heterocycles. The van der Waals surface area contributed by atoms with Crippen LogP contribution in [-0.4, -0.2) is 24.2 Å². The van der Waals surface area contributed by atoms with Gasteiger partial charge in [0.05, 0.1) is 5.60 Å². The Morgan fingerprint density at radius 2 is 2.32 bits per heavy atom. The second kappa shape index (κ2) is 5.93. The summed E-state index contributed by atoms with van der Waals surface area (Å²) in [6.45, 7) is 4.80. The van der Waals surface area contributed by atoms with Crippen LogP contribution in [0.5, 0.6) is 0 Å². The summed E-state index contributed by atoms with van der Waals surface area (Å²) in [4.78, 5) is 12.2. The summed E-state index contributed by atoms with van der Waals surface area (Å²) in [6.07, 6.45) is 1.71. The van der Waals surface area contributed by atoms with Crippen LogP contribution >= 0.6 is 11.6 Å². The van der Waals surface area contributed by atoms with Crippen molar-refractivity contribution in [1.29, 1.82) is 0 Å². The number of nitrogens with one attached hydrogen (secondary N) is 1. The molecule has 1 fully saturated rings. The van der Waals surface area contributed by atoms with Crippen molar-refractivity contribution in [2.45, 2.75) is 44.2 Å². The van der Waals surface area contributed by atoms with Gasteiger partial charge >= 0.3 is 0 Å². The van der Waals surface area contributed by atoms with Crippen LogP contribution < -0.4 is 5.32 Å². The lowest BCUT2D eigenvalue weighted by Crippen LogP contribution is -2.45. The standard InChI is InChI=1S/C15H20ClNO2/c1-15(2)9-13(6-7-19-15)17-14(18)12-5-3-4-11(8-12)10-16/h3-5,8,13H,6-7,9-10H2,1-2H3,(H,17,18). The van der Waals surface area contributed by atoms with Gasteiger partial charge in [-0.2, -0.15) is 0 Å². The summed E-state index contributed by atoms with van der Waals surface area (Å²) in [6, 6.07) is 7.61. The molecule has 2 rings (SSSR count). The number of halogens is 1. The minimum atomic E-state index is -0.159. The summed E-state index contributed by atoms with van der Waals surface area (Å²) in [5.41, 5.74) is 1.47.